The predicted molar refractivity (Wildman–Crippen MR) is 116 cm³/mol. The van der Waals surface area contributed by atoms with E-state index in [2.05, 4.69) is 15.0 Å². The standard InChI is InChI=1S/C22H23FN4O4S/c1-15(28)16-7-9-17(10-8-16)32(30,31)25-12-11-20(29)26-21(22-24-13-14-27(22)2)18-5-3-4-6-19(18)23/h3-10,13-14,21,25H,11-12H2,1-2H3,(H,26,29). The lowest BCUT2D eigenvalue weighted by Gasteiger charge is -2.20. The number of carbonyl (C=O) groups excluding carboxylic acids is 2. The Bertz CT molecular complexity index is 1220. The Hall–Kier alpha value is -3.37. The molecule has 0 fully saturated rings. The van der Waals surface area contributed by atoms with Crippen molar-refractivity contribution in [2.24, 2.45) is 7.05 Å². The molecule has 1 aromatic heterocycles. The fraction of sp³-hybridized carbons (Fsp3) is 0.227. The largest absolute Gasteiger partial charge is 0.342 e. The fourth-order valence-electron chi connectivity index (χ4n) is 3.13. The Labute approximate surface area is 185 Å². The summed E-state index contributed by atoms with van der Waals surface area (Å²) in [6.07, 6.45) is 3.06. The molecule has 1 heterocycles. The van der Waals surface area contributed by atoms with E-state index < -0.39 is 27.8 Å². The first-order valence-electron chi connectivity index (χ1n) is 9.80. The van der Waals surface area contributed by atoms with Crippen LogP contribution in [0.15, 0.2) is 65.8 Å². The Balaban J connectivity index is 1.66. The van der Waals surface area contributed by atoms with Gasteiger partial charge in [-0.05, 0) is 25.1 Å². The molecule has 0 aliphatic heterocycles. The molecule has 10 heteroatoms. The lowest BCUT2D eigenvalue weighted by Crippen LogP contribution is -2.34. The van der Waals surface area contributed by atoms with E-state index in [0.717, 1.165) is 0 Å². The second-order valence-corrected chi connectivity index (χ2v) is 8.91. The molecule has 2 aromatic carbocycles. The number of rotatable bonds is 9. The summed E-state index contributed by atoms with van der Waals surface area (Å²) < 4.78 is 43.3. The van der Waals surface area contributed by atoms with Gasteiger partial charge in [0.1, 0.15) is 17.7 Å². The van der Waals surface area contributed by atoms with Gasteiger partial charge in [-0.3, -0.25) is 9.59 Å². The zero-order chi connectivity index (χ0) is 23.3. The van der Waals surface area contributed by atoms with Gasteiger partial charge in [0.25, 0.3) is 0 Å². The molecule has 168 valence electrons. The van der Waals surface area contributed by atoms with Crippen molar-refractivity contribution in [3.05, 3.63) is 83.7 Å². The lowest BCUT2D eigenvalue weighted by molar-refractivity contribution is -0.121. The number of amides is 1. The summed E-state index contributed by atoms with van der Waals surface area (Å²) in [5, 5.41) is 2.73. The number of nitrogens with zero attached hydrogens (tertiary/aromatic N) is 2. The van der Waals surface area contributed by atoms with Gasteiger partial charge in [-0.2, -0.15) is 0 Å². The SMILES string of the molecule is CC(=O)c1ccc(S(=O)(=O)NCCC(=O)NC(c2ccccc2F)c2nccn2C)cc1. The molecule has 0 radical (unpaired) electrons. The number of hydrogen-bond acceptors (Lipinski definition) is 5. The number of nitrogens with one attached hydrogen (secondary N) is 2. The molecule has 0 spiro atoms. The van der Waals surface area contributed by atoms with E-state index in [1.165, 1.54) is 37.3 Å². The molecule has 1 amide bonds. The summed E-state index contributed by atoms with van der Waals surface area (Å²) in [5.41, 5.74) is 0.651. The maximum atomic E-state index is 14.4. The van der Waals surface area contributed by atoms with Crippen molar-refractivity contribution < 1.29 is 22.4 Å². The zero-order valence-electron chi connectivity index (χ0n) is 17.6. The van der Waals surface area contributed by atoms with Crippen LogP contribution in [-0.2, 0) is 21.9 Å². The van der Waals surface area contributed by atoms with E-state index >= 15 is 0 Å². The van der Waals surface area contributed by atoms with Crippen molar-refractivity contribution in [3.8, 4) is 0 Å². The van der Waals surface area contributed by atoms with Gasteiger partial charge < -0.3 is 9.88 Å². The minimum absolute atomic E-state index is 0.0137. The van der Waals surface area contributed by atoms with Crippen LogP contribution in [0.5, 0.6) is 0 Å². The molecule has 0 saturated carbocycles. The van der Waals surface area contributed by atoms with Gasteiger partial charge >= 0.3 is 0 Å². The number of sulfonamides is 1. The molecule has 3 aromatic rings. The van der Waals surface area contributed by atoms with E-state index in [9.17, 15) is 22.4 Å². The molecular formula is C22H23FN4O4S. The normalized spacial score (nSPS) is 12.3. The summed E-state index contributed by atoms with van der Waals surface area (Å²) in [7, 11) is -2.12. The number of benzene rings is 2. The number of Topliss-reactive ketones (excluding diaryl/α,β-unsaturated/α-hetero) is 1. The van der Waals surface area contributed by atoms with Crippen LogP contribution < -0.4 is 10.0 Å². The van der Waals surface area contributed by atoms with E-state index in [1.54, 1.807) is 42.2 Å². The van der Waals surface area contributed by atoms with Crippen LogP contribution in [0.4, 0.5) is 4.39 Å². The van der Waals surface area contributed by atoms with Crippen LogP contribution in [-0.4, -0.2) is 36.2 Å². The van der Waals surface area contributed by atoms with Crippen LogP contribution in [0.1, 0.15) is 41.1 Å². The molecule has 2 N–H and O–H groups in total. The molecule has 0 bridgehead atoms. The second-order valence-electron chi connectivity index (χ2n) is 7.15. The first kappa shape index (κ1) is 23.3. The quantitative estimate of drug-likeness (QED) is 0.478. The van der Waals surface area contributed by atoms with E-state index in [-0.39, 0.29) is 29.2 Å². The number of halogens is 1. The molecule has 8 nitrogen and oxygen atoms in total. The number of hydrogen-bond donors (Lipinski definition) is 2. The van der Waals surface area contributed by atoms with Crippen LogP contribution in [0.3, 0.4) is 0 Å². The Morgan fingerprint density at radius 1 is 1.12 bits per heavy atom. The maximum absolute atomic E-state index is 14.4. The zero-order valence-corrected chi connectivity index (χ0v) is 18.4. The van der Waals surface area contributed by atoms with E-state index in [0.29, 0.717) is 11.4 Å². The first-order valence-corrected chi connectivity index (χ1v) is 11.3. The van der Waals surface area contributed by atoms with Crippen molar-refractivity contribution in [1.82, 2.24) is 19.6 Å². The average Bonchev–Trinajstić information content (AvgIpc) is 3.18. The summed E-state index contributed by atoms with van der Waals surface area (Å²) >= 11 is 0. The van der Waals surface area contributed by atoms with Gasteiger partial charge in [0.05, 0.1) is 4.90 Å². The van der Waals surface area contributed by atoms with Gasteiger partial charge in [-0.15, -0.1) is 0 Å². The topological polar surface area (TPSA) is 110 Å². The van der Waals surface area contributed by atoms with Crippen LogP contribution in [0, 0.1) is 5.82 Å². The summed E-state index contributed by atoms with van der Waals surface area (Å²) in [6.45, 7) is 1.23. The van der Waals surface area contributed by atoms with Gasteiger partial charge in [-0.25, -0.2) is 22.5 Å². The number of aryl methyl sites for hydroxylation is 1. The molecule has 1 atom stereocenters. The number of imidazole rings is 1. The van der Waals surface area contributed by atoms with Crippen LogP contribution in [0.25, 0.3) is 0 Å². The highest BCUT2D eigenvalue weighted by molar-refractivity contribution is 7.89. The Kier molecular flexibility index (Phi) is 7.16. The third kappa shape index (κ3) is 5.45. The third-order valence-corrected chi connectivity index (χ3v) is 6.33. The summed E-state index contributed by atoms with van der Waals surface area (Å²) in [6, 6.07) is 10.7. The summed E-state index contributed by atoms with van der Waals surface area (Å²) in [5.74, 6) is -0.698. The molecule has 1 unspecified atom stereocenters. The monoisotopic (exact) mass is 458 g/mol. The molecule has 0 aliphatic carbocycles. The smallest absolute Gasteiger partial charge is 0.240 e. The minimum Gasteiger partial charge on any atom is -0.342 e. The molecule has 0 saturated heterocycles. The second kappa shape index (κ2) is 9.84. The van der Waals surface area contributed by atoms with Crippen LogP contribution in [0.2, 0.25) is 0 Å². The average molecular weight is 459 g/mol. The highest BCUT2D eigenvalue weighted by Crippen LogP contribution is 2.23. The van der Waals surface area contributed by atoms with Crippen molar-refractivity contribution in [2.45, 2.75) is 24.3 Å². The maximum Gasteiger partial charge on any atom is 0.240 e. The minimum atomic E-state index is -3.85. The lowest BCUT2D eigenvalue weighted by atomic mass is 10.1. The Morgan fingerprint density at radius 3 is 2.41 bits per heavy atom. The molecule has 0 aliphatic rings. The summed E-state index contributed by atoms with van der Waals surface area (Å²) in [4.78, 5) is 28.1. The Morgan fingerprint density at radius 2 is 1.81 bits per heavy atom. The van der Waals surface area contributed by atoms with Gasteiger partial charge in [0, 0.05) is 43.5 Å². The highest BCUT2D eigenvalue weighted by Gasteiger charge is 2.23. The van der Waals surface area contributed by atoms with Gasteiger partial charge in [0.2, 0.25) is 15.9 Å². The molecular weight excluding hydrogens is 435 g/mol. The predicted octanol–water partition coefficient (Wildman–Crippen LogP) is 2.34. The number of carbonyl (C=O) groups is 2. The third-order valence-electron chi connectivity index (χ3n) is 4.85. The molecule has 32 heavy (non-hydrogen) atoms. The van der Waals surface area contributed by atoms with Crippen molar-refractivity contribution in [3.63, 3.8) is 0 Å². The van der Waals surface area contributed by atoms with Crippen LogP contribution >= 0.6 is 0 Å². The van der Waals surface area contributed by atoms with E-state index in [1.807, 2.05) is 0 Å². The van der Waals surface area contributed by atoms with Crippen molar-refractivity contribution in [1.29, 1.82) is 0 Å². The van der Waals surface area contributed by atoms with Crippen molar-refractivity contribution in [2.75, 3.05) is 6.54 Å². The van der Waals surface area contributed by atoms with Crippen molar-refractivity contribution >= 4 is 21.7 Å². The fourth-order valence-corrected chi connectivity index (χ4v) is 4.16. The van der Waals surface area contributed by atoms with Gasteiger partial charge in [-0.1, -0.05) is 30.3 Å². The number of ketones is 1. The van der Waals surface area contributed by atoms with Gasteiger partial charge in [0.15, 0.2) is 5.78 Å². The van der Waals surface area contributed by atoms with E-state index in [4.69, 9.17) is 0 Å². The first-order chi connectivity index (χ1) is 15.2. The molecule has 3 rings (SSSR count). The highest BCUT2D eigenvalue weighted by atomic mass is 32.2. The number of aromatic nitrogens is 2.